The highest BCUT2D eigenvalue weighted by Crippen LogP contribution is 2.17. The lowest BCUT2D eigenvalue weighted by Gasteiger charge is -2.08. The highest BCUT2D eigenvalue weighted by atomic mass is 16.5. The quantitative estimate of drug-likeness (QED) is 0.878. The first-order chi connectivity index (χ1) is 9.70. The molecular formula is C15H16N2O3. The highest BCUT2D eigenvalue weighted by Gasteiger charge is 2.10. The number of aromatic nitrogens is 1. The molecule has 0 aliphatic rings. The van der Waals surface area contributed by atoms with Crippen molar-refractivity contribution in [3.05, 3.63) is 58.5 Å². The molecular weight excluding hydrogens is 256 g/mol. The number of hydrogen-bond donors (Lipinski definition) is 2. The molecule has 0 aliphatic carbocycles. The number of amides is 1. The predicted octanol–water partition coefficient (Wildman–Crippen LogP) is 2.42. The van der Waals surface area contributed by atoms with E-state index in [0.717, 1.165) is 6.42 Å². The fourth-order valence-electron chi connectivity index (χ4n) is 1.68. The average molecular weight is 272 g/mol. The van der Waals surface area contributed by atoms with Gasteiger partial charge in [-0.3, -0.25) is 9.59 Å². The van der Waals surface area contributed by atoms with Gasteiger partial charge in [0, 0.05) is 18.0 Å². The number of pyridine rings is 1. The van der Waals surface area contributed by atoms with Gasteiger partial charge >= 0.3 is 0 Å². The minimum atomic E-state index is -0.445. The van der Waals surface area contributed by atoms with Crippen molar-refractivity contribution in [2.24, 2.45) is 0 Å². The van der Waals surface area contributed by atoms with Crippen LogP contribution in [-0.4, -0.2) is 17.5 Å². The van der Waals surface area contributed by atoms with E-state index in [-0.39, 0.29) is 5.56 Å². The molecule has 104 valence electrons. The zero-order chi connectivity index (χ0) is 14.4. The molecule has 5 heteroatoms. The second-order valence-electron chi connectivity index (χ2n) is 4.24. The summed E-state index contributed by atoms with van der Waals surface area (Å²) in [6.07, 6.45) is 2.40. The number of hydrogen-bond acceptors (Lipinski definition) is 3. The fourth-order valence-corrected chi connectivity index (χ4v) is 1.68. The molecule has 1 aromatic heterocycles. The van der Waals surface area contributed by atoms with Gasteiger partial charge in [0.1, 0.15) is 11.3 Å². The number of carbonyl (C=O) groups excluding carboxylic acids is 1. The molecule has 1 amide bonds. The number of anilines is 1. The van der Waals surface area contributed by atoms with Crippen LogP contribution in [0.5, 0.6) is 5.75 Å². The summed E-state index contributed by atoms with van der Waals surface area (Å²) in [5.41, 5.74) is 0.252. The standard InChI is InChI=1S/C15H16N2O3/c1-2-9-20-12-6-3-5-11(10-12)17-15(19)13-7-4-8-16-14(13)18/h3-8,10H,2,9H2,1H3,(H,16,18)(H,17,19). The van der Waals surface area contributed by atoms with Crippen LogP contribution in [0.2, 0.25) is 0 Å². The van der Waals surface area contributed by atoms with E-state index in [9.17, 15) is 9.59 Å². The first kappa shape index (κ1) is 13.9. The summed E-state index contributed by atoms with van der Waals surface area (Å²) in [4.78, 5) is 26.0. The summed E-state index contributed by atoms with van der Waals surface area (Å²) in [7, 11) is 0. The van der Waals surface area contributed by atoms with Gasteiger partial charge in [0.15, 0.2) is 0 Å². The molecule has 0 spiro atoms. The van der Waals surface area contributed by atoms with E-state index in [0.29, 0.717) is 18.0 Å². The fraction of sp³-hybridized carbons (Fsp3) is 0.200. The first-order valence-corrected chi connectivity index (χ1v) is 6.42. The van der Waals surface area contributed by atoms with Crippen molar-refractivity contribution in [3.8, 4) is 5.75 Å². The Morgan fingerprint density at radius 2 is 2.15 bits per heavy atom. The number of H-pyrrole nitrogens is 1. The van der Waals surface area contributed by atoms with Gasteiger partial charge in [-0.2, -0.15) is 0 Å². The van der Waals surface area contributed by atoms with Crippen LogP contribution in [0.4, 0.5) is 5.69 Å². The van der Waals surface area contributed by atoms with E-state index in [1.165, 1.54) is 12.3 Å². The van der Waals surface area contributed by atoms with Crippen LogP contribution >= 0.6 is 0 Å². The topological polar surface area (TPSA) is 71.2 Å². The Kier molecular flexibility index (Phi) is 4.55. The number of rotatable bonds is 5. The number of ether oxygens (including phenoxy) is 1. The lowest BCUT2D eigenvalue weighted by molar-refractivity contribution is 0.102. The second kappa shape index (κ2) is 6.56. The van der Waals surface area contributed by atoms with E-state index in [1.807, 2.05) is 13.0 Å². The van der Waals surface area contributed by atoms with Gasteiger partial charge in [-0.25, -0.2) is 0 Å². The van der Waals surface area contributed by atoms with Crippen LogP contribution in [0.3, 0.4) is 0 Å². The van der Waals surface area contributed by atoms with Crippen molar-refractivity contribution in [1.82, 2.24) is 4.98 Å². The van der Waals surface area contributed by atoms with Crippen LogP contribution in [0.25, 0.3) is 0 Å². The predicted molar refractivity (Wildman–Crippen MR) is 77.2 cm³/mol. The van der Waals surface area contributed by atoms with E-state index in [1.54, 1.807) is 24.3 Å². The SMILES string of the molecule is CCCOc1cccc(NC(=O)c2ccc[nH]c2=O)c1. The minimum Gasteiger partial charge on any atom is -0.494 e. The summed E-state index contributed by atoms with van der Waals surface area (Å²) >= 11 is 0. The Morgan fingerprint density at radius 3 is 2.90 bits per heavy atom. The summed E-state index contributed by atoms with van der Waals surface area (Å²) in [6, 6.07) is 10.2. The molecule has 0 fully saturated rings. The molecule has 20 heavy (non-hydrogen) atoms. The van der Waals surface area contributed by atoms with Gasteiger partial charge in [-0.1, -0.05) is 13.0 Å². The molecule has 5 nitrogen and oxygen atoms in total. The maximum Gasteiger partial charge on any atom is 0.261 e. The molecule has 1 heterocycles. The zero-order valence-corrected chi connectivity index (χ0v) is 11.2. The van der Waals surface area contributed by atoms with Crippen molar-refractivity contribution in [2.75, 3.05) is 11.9 Å². The first-order valence-electron chi connectivity index (χ1n) is 6.42. The number of benzene rings is 1. The summed E-state index contributed by atoms with van der Waals surface area (Å²) in [6.45, 7) is 2.64. The van der Waals surface area contributed by atoms with Crippen LogP contribution in [0, 0.1) is 0 Å². The van der Waals surface area contributed by atoms with Crippen LogP contribution in [0.1, 0.15) is 23.7 Å². The maximum atomic E-state index is 12.0. The van der Waals surface area contributed by atoms with Gasteiger partial charge < -0.3 is 15.0 Å². The highest BCUT2D eigenvalue weighted by molar-refractivity contribution is 6.04. The van der Waals surface area contributed by atoms with Gasteiger partial charge in [0.2, 0.25) is 0 Å². The number of nitrogens with one attached hydrogen (secondary N) is 2. The second-order valence-corrected chi connectivity index (χ2v) is 4.24. The third-order valence-corrected chi connectivity index (χ3v) is 2.63. The van der Waals surface area contributed by atoms with Crippen LogP contribution in [-0.2, 0) is 0 Å². The van der Waals surface area contributed by atoms with Crippen LogP contribution < -0.4 is 15.6 Å². The lowest BCUT2D eigenvalue weighted by atomic mass is 10.2. The van der Waals surface area contributed by atoms with Crippen LogP contribution in [0.15, 0.2) is 47.4 Å². The maximum absolute atomic E-state index is 12.0. The van der Waals surface area contributed by atoms with Gasteiger partial charge in [0.25, 0.3) is 11.5 Å². The molecule has 2 aromatic rings. The third kappa shape index (κ3) is 3.47. The van der Waals surface area contributed by atoms with Gasteiger partial charge in [-0.05, 0) is 30.7 Å². The normalized spacial score (nSPS) is 10.1. The Morgan fingerprint density at radius 1 is 1.30 bits per heavy atom. The van der Waals surface area contributed by atoms with E-state index in [2.05, 4.69) is 10.3 Å². The summed E-state index contributed by atoms with van der Waals surface area (Å²) in [5, 5.41) is 2.68. The molecule has 1 aromatic carbocycles. The van der Waals surface area contributed by atoms with E-state index >= 15 is 0 Å². The van der Waals surface area contributed by atoms with E-state index in [4.69, 9.17) is 4.74 Å². The van der Waals surface area contributed by atoms with E-state index < -0.39 is 11.5 Å². The monoisotopic (exact) mass is 272 g/mol. The van der Waals surface area contributed by atoms with Crippen molar-refractivity contribution in [3.63, 3.8) is 0 Å². The molecule has 0 saturated carbocycles. The summed E-state index contributed by atoms with van der Waals surface area (Å²) in [5.74, 6) is 0.242. The molecule has 0 aliphatic heterocycles. The van der Waals surface area contributed by atoms with Gasteiger partial charge in [0.05, 0.1) is 6.61 Å². The van der Waals surface area contributed by atoms with Crippen molar-refractivity contribution >= 4 is 11.6 Å². The minimum absolute atomic E-state index is 0.0763. The molecule has 2 N–H and O–H groups in total. The number of carbonyl (C=O) groups is 1. The smallest absolute Gasteiger partial charge is 0.261 e. The average Bonchev–Trinajstić information content (AvgIpc) is 2.46. The van der Waals surface area contributed by atoms with Crippen molar-refractivity contribution < 1.29 is 9.53 Å². The molecule has 0 bridgehead atoms. The van der Waals surface area contributed by atoms with Crippen molar-refractivity contribution in [2.45, 2.75) is 13.3 Å². The Bertz CT molecular complexity index is 649. The molecule has 2 rings (SSSR count). The molecule has 0 radical (unpaired) electrons. The Balaban J connectivity index is 2.12. The molecule has 0 atom stereocenters. The summed E-state index contributed by atoms with van der Waals surface area (Å²) < 4.78 is 5.49. The zero-order valence-electron chi connectivity index (χ0n) is 11.2. The molecule has 0 saturated heterocycles. The molecule has 0 unspecified atom stereocenters. The largest absolute Gasteiger partial charge is 0.494 e. The Labute approximate surface area is 116 Å². The number of aromatic amines is 1. The van der Waals surface area contributed by atoms with Crippen molar-refractivity contribution in [1.29, 1.82) is 0 Å². The van der Waals surface area contributed by atoms with Gasteiger partial charge in [-0.15, -0.1) is 0 Å². The third-order valence-electron chi connectivity index (χ3n) is 2.63. The Hall–Kier alpha value is -2.56. The lowest BCUT2D eigenvalue weighted by Crippen LogP contribution is -2.22.